The van der Waals surface area contributed by atoms with Crippen LogP contribution in [0, 0.1) is 6.42 Å². The van der Waals surface area contributed by atoms with Crippen molar-refractivity contribution in [2.45, 2.75) is 32.5 Å². The predicted octanol–water partition coefficient (Wildman–Crippen LogP) is 3.73. The molecule has 27 heavy (non-hydrogen) atoms. The second-order valence-corrected chi connectivity index (χ2v) is 6.33. The summed E-state index contributed by atoms with van der Waals surface area (Å²) in [7, 11) is 0. The Morgan fingerprint density at radius 1 is 1.07 bits per heavy atom. The van der Waals surface area contributed by atoms with Crippen molar-refractivity contribution < 1.29 is 13.2 Å². The summed E-state index contributed by atoms with van der Waals surface area (Å²) in [6.07, 6.45) is 2.47. The molecule has 0 bridgehead atoms. The molecule has 141 valence electrons. The molecule has 9 heteroatoms. The minimum Gasteiger partial charge on any atom is -0.355 e. The first kappa shape index (κ1) is 17.7. The van der Waals surface area contributed by atoms with Crippen molar-refractivity contribution in [1.82, 2.24) is 24.5 Å². The number of halogens is 3. The molecule has 1 saturated heterocycles. The van der Waals surface area contributed by atoms with Crippen molar-refractivity contribution in [3.05, 3.63) is 36.8 Å². The van der Waals surface area contributed by atoms with Gasteiger partial charge in [0, 0.05) is 31.4 Å². The van der Waals surface area contributed by atoms with Gasteiger partial charge in [-0.15, -0.1) is 0 Å². The first-order valence-electron chi connectivity index (χ1n) is 8.80. The van der Waals surface area contributed by atoms with E-state index in [4.69, 9.17) is 0 Å². The van der Waals surface area contributed by atoms with Crippen molar-refractivity contribution in [2.75, 3.05) is 18.0 Å². The molecule has 4 rings (SSSR count). The molecule has 1 fully saturated rings. The van der Waals surface area contributed by atoms with E-state index in [9.17, 15) is 13.2 Å². The van der Waals surface area contributed by atoms with Gasteiger partial charge in [-0.2, -0.15) is 13.2 Å². The SMILES string of the molecule is CCn1c(-c2ccc(C(F)(F)F)nc2)nc2c(N3CC[CH]CC3)ncnc21. The lowest BCUT2D eigenvalue weighted by molar-refractivity contribution is -0.141. The number of alkyl halides is 3. The lowest BCUT2D eigenvalue weighted by atomic mass is 10.1. The molecular weight excluding hydrogens is 357 g/mol. The molecule has 6 nitrogen and oxygen atoms in total. The van der Waals surface area contributed by atoms with Gasteiger partial charge in [0.1, 0.15) is 17.8 Å². The molecule has 1 aliphatic heterocycles. The van der Waals surface area contributed by atoms with Crippen LogP contribution in [0.4, 0.5) is 19.0 Å². The zero-order chi connectivity index (χ0) is 19.0. The minimum atomic E-state index is -4.46. The molecule has 3 aromatic rings. The summed E-state index contributed by atoms with van der Waals surface area (Å²) in [5.41, 5.74) is 0.930. The number of nitrogens with zero attached hydrogens (tertiary/aromatic N) is 6. The third kappa shape index (κ3) is 3.22. The average molecular weight is 375 g/mol. The van der Waals surface area contributed by atoms with Crippen molar-refractivity contribution >= 4 is 17.0 Å². The first-order valence-corrected chi connectivity index (χ1v) is 8.80. The fraction of sp³-hybridized carbons (Fsp3) is 0.389. The fourth-order valence-corrected chi connectivity index (χ4v) is 3.33. The van der Waals surface area contributed by atoms with Crippen LogP contribution in [0.25, 0.3) is 22.6 Å². The van der Waals surface area contributed by atoms with Crippen LogP contribution >= 0.6 is 0 Å². The Labute approximate surface area is 154 Å². The topological polar surface area (TPSA) is 59.7 Å². The van der Waals surface area contributed by atoms with E-state index in [1.165, 1.54) is 18.6 Å². The second kappa shape index (κ2) is 6.79. The Morgan fingerprint density at radius 3 is 2.48 bits per heavy atom. The highest BCUT2D eigenvalue weighted by Gasteiger charge is 2.32. The Balaban J connectivity index is 1.81. The molecule has 1 aliphatic rings. The Morgan fingerprint density at radius 2 is 1.85 bits per heavy atom. The molecule has 0 amide bonds. The van der Waals surface area contributed by atoms with E-state index in [2.05, 4.69) is 31.3 Å². The van der Waals surface area contributed by atoms with Gasteiger partial charge < -0.3 is 9.47 Å². The van der Waals surface area contributed by atoms with Gasteiger partial charge in [0.05, 0.1) is 0 Å². The van der Waals surface area contributed by atoms with Crippen LogP contribution in [0.2, 0.25) is 0 Å². The third-order valence-electron chi connectivity index (χ3n) is 4.65. The van der Waals surface area contributed by atoms with Gasteiger partial charge in [-0.1, -0.05) is 0 Å². The van der Waals surface area contributed by atoms with E-state index in [1.54, 1.807) is 0 Å². The summed E-state index contributed by atoms with van der Waals surface area (Å²) in [5.74, 6) is 1.31. The number of pyridine rings is 1. The van der Waals surface area contributed by atoms with Crippen LogP contribution in [-0.2, 0) is 12.7 Å². The minimum absolute atomic E-state index is 0.515. The Bertz CT molecular complexity index is 942. The summed E-state index contributed by atoms with van der Waals surface area (Å²) >= 11 is 0. The maximum absolute atomic E-state index is 12.8. The first-order chi connectivity index (χ1) is 13.0. The number of aryl methyl sites for hydroxylation is 1. The molecule has 0 saturated carbocycles. The molecule has 0 spiro atoms. The van der Waals surface area contributed by atoms with Crippen LogP contribution in [0.3, 0.4) is 0 Å². The average Bonchev–Trinajstić information content (AvgIpc) is 3.06. The van der Waals surface area contributed by atoms with Crippen LogP contribution in [0.1, 0.15) is 25.5 Å². The van der Waals surface area contributed by atoms with Crippen molar-refractivity contribution in [3.63, 3.8) is 0 Å². The summed E-state index contributed by atoms with van der Waals surface area (Å²) in [4.78, 5) is 19.2. The van der Waals surface area contributed by atoms with Gasteiger partial charge >= 0.3 is 6.18 Å². The quantitative estimate of drug-likeness (QED) is 0.698. The molecule has 0 N–H and O–H groups in total. The van der Waals surface area contributed by atoms with Gasteiger partial charge in [0.15, 0.2) is 17.0 Å². The van der Waals surface area contributed by atoms with Crippen LogP contribution in [0.15, 0.2) is 24.7 Å². The molecule has 4 heterocycles. The normalized spacial score (nSPS) is 15.5. The third-order valence-corrected chi connectivity index (χ3v) is 4.65. The number of anilines is 1. The zero-order valence-corrected chi connectivity index (χ0v) is 14.7. The molecule has 0 aromatic carbocycles. The highest BCUT2D eigenvalue weighted by Crippen LogP contribution is 2.31. The van der Waals surface area contributed by atoms with Crippen LogP contribution in [-0.4, -0.2) is 37.6 Å². The predicted molar refractivity (Wildman–Crippen MR) is 95.0 cm³/mol. The van der Waals surface area contributed by atoms with E-state index in [0.29, 0.717) is 29.1 Å². The van der Waals surface area contributed by atoms with Crippen LogP contribution < -0.4 is 4.90 Å². The van der Waals surface area contributed by atoms with Gasteiger partial charge in [-0.3, -0.25) is 4.98 Å². The van der Waals surface area contributed by atoms with E-state index >= 15 is 0 Å². The zero-order valence-electron chi connectivity index (χ0n) is 14.7. The summed E-state index contributed by atoms with van der Waals surface area (Å²) in [6.45, 7) is 4.25. The van der Waals surface area contributed by atoms with Gasteiger partial charge in [-0.05, 0) is 38.3 Å². The van der Waals surface area contributed by atoms with E-state index < -0.39 is 11.9 Å². The lowest BCUT2D eigenvalue weighted by Gasteiger charge is -2.27. The number of rotatable bonds is 3. The van der Waals surface area contributed by atoms with E-state index in [-0.39, 0.29) is 0 Å². The van der Waals surface area contributed by atoms with Gasteiger partial charge in [-0.25, -0.2) is 15.0 Å². The number of fused-ring (bicyclic) bond motifs is 1. The van der Waals surface area contributed by atoms with E-state index in [0.717, 1.165) is 37.8 Å². The highest BCUT2D eigenvalue weighted by molar-refractivity contribution is 5.86. The molecule has 0 aliphatic carbocycles. The van der Waals surface area contributed by atoms with Gasteiger partial charge in [0.25, 0.3) is 0 Å². The molecular formula is C18H18F3N6. The maximum Gasteiger partial charge on any atom is 0.433 e. The highest BCUT2D eigenvalue weighted by atomic mass is 19.4. The summed E-state index contributed by atoms with van der Waals surface area (Å²) < 4.78 is 40.2. The smallest absolute Gasteiger partial charge is 0.355 e. The number of imidazole rings is 1. The van der Waals surface area contributed by atoms with Gasteiger partial charge in [0.2, 0.25) is 0 Å². The lowest BCUT2D eigenvalue weighted by Crippen LogP contribution is -2.30. The standard InChI is InChI=1S/C18H18F3N6/c1-2-27-15(12-6-7-13(22-10-12)18(19,20)21)25-14-16(23-11-24-17(14)27)26-8-4-3-5-9-26/h3,6-7,10-11H,2,4-5,8-9H2,1H3. The van der Waals surface area contributed by atoms with Crippen LogP contribution in [0.5, 0.6) is 0 Å². The summed E-state index contributed by atoms with van der Waals surface area (Å²) in [5, 5.41) is 0. The Kier molecular flexibility index (Phi) is 4.45. The number of hydrogen-bond donors (Lipinski definition) is 0. The molecule has 0 atom stereocenters. The number of aromatic nitrogens is 5. The molecule has 1 radical (unpaired) electrons. The van der Waals surface area contributed by atoms with Crippen molar-refractivity contribution in [2.24, 2.45) is 0 Å². The maximum atomic E-state index is 12.8. The fourth-order valence-electron chi connectivity index (χ4n) is 3.33. The molecule has 0 unspecified atom stereocenters. The molecule has 3 aromatic heterocycles. The van der Waals surface area contributed by atoms with E-state index in [1.807, 2.05) is 11.5 Å². The van der Waals surface area contributed by atoms with Crippen molar-refractivity contribution in [3.8, 4) is 11.4 Å². The summed E-state index contributed by atoms with van der Waals surface area (Å²) in [6, 6.07) is 2.37. The number of piperidine rings is 1. The number of hydrogen-bond acceptors (Lipinski definition) is 5. The van der Waals surface area contributed by atoms with Crippen molar-refractivity contribution in [1.29, 1.82) is 0 Å². The monoisotopic (exact) mass is 375 g/mol. The largest absolute Gasteiger partial charge is 0.433 e. The second-order valence-electron chi connectivity index (χ2n) is 6.33. The Hall–Kier alpha value is -2.71.